The lowest BCUT2D eigenvalue weighted by Crippen LogP contribution is -2.44. The van der Waals surface area contributed by atoms with Gasteiger partial charge in [0.1, 0.15) is 0 Å². The molecule has 0 radical (unpaired) electrons. The van der Waals surface area contributed by atoms with Gasteiger partial charge in [0.2, 0.25) is 0 Å². The third-order valence-electron chi connectivity index (χ3n) is 5.84. The zero-order chi connectivity index (χ0) is 20.7. The van der Waals surface area contributed by atoms with Gasteiger partial charge in [-0.3, -0.25) is 14.4 Å². The van der Waals surface area contributed by atoms with E-state index in [1.165, 1.54) is 10.4 Å². The van der Waals surface area contributed by atoms with Crippen LogP contribution in [-0.2, 0) is 20.0 Å². The van der Waals surface area contributed by atoms with Gasteiger partial charge in [0.05, 0.1) is 16.6 Å². The Hall–Kier alpha value is -2.25. The number of hydrogen-bond donors (Lipinski definition) is 1. The van der Waals surface area contributed by atoms with Crippen LogP contribution in [-0.4, -0.2) is 44.7 Å². The highest BCUT2D eigenvalue weighted by molar-refractivity contribution is 7.10. The van der Waals surface area contributed by atoms with Crippen LogP contribution >= 0.6 is 11.3 Å². The lowest BCUT2D eigenvalue weighted by molar-refractivity contribution is 0.0934. The number of aromatic nitrogens is 3. The fourth-order valence-electron chi connectivity index (χ4n) is 4.05. The Balaban J connectivity index is 1.52. The maximum absolute atomic E-state index is 13.1. The molecular weight excluding hydrogens is 382 g/mol. The Morgan fingerprint density at radius 3 is 2.90 bits per heavy atom. The third-order valence-corrected chi connectivity index (χ3v) is 6.87. The van der Waals surface area contributed by atoms with E-state index in [-0.39, 0.29) is 17.9 Å². The molecule has 1 aliphatic heterocycles. The summed E-state index contributed by atoms with van der Waals surface area (Å²) in [6, 6.07) is 4.44. The van der Waals surface area contributed by atoms with Crippen LogP contribution in [0.4, 0.5) is 0 Å². The van der Waals surface area contributed by atoms with Gasteiger partial charge in [-0.2, -0.15) is 5.10 Å². The summed E-state index contributed by atoms with van der Waals surface area (Å²) in [5, 5.41) is 10.7. The number of hydrogen-bond acceptors (Lipinski definition) is 5. The molecule has 1 amide bonds. The van der Waals surface area contributed by atoms with E-state index in [1.807, 2.05) is 31.4 Å². The SMILES string of the molecule is Cc1nn(C)c2nc(C(C)C)cc(C(=O)NCC(C)N3CCc4sccc4C3)c12. The van der Waals surface area contributed by atoms with Crippen LogP contribution in [0.1, 0.15) is 58.9 Å². The predicted octanol–water partition coefficient (Wildman–Crippen LogP) is 3.64. The number of amides is 1. The highest BCUT2D eigenvalue weighted by atomic mass is 32.1. The summed E-state index contributed by atoms with van der Waals surface area (Å²) in [7, 11) is 1.88. The Labute approximate surface area is 175 Å². The van der Waals surface area contributed by atoms with Gasteiger partial charge in [0.25, 0.3) is 5.91 Å². The molecule has 1 aliphatic rings. The molecule has 0 saturated heterocycles. The van der Waals surface area contributed by atoms with Crippen LogP contribution in [0.2, 0.25) is 0 Å². The van der Waals surface area contributed by atoms with Gasteiger partial charge in [-0.15, -0.1) is 11.3 Å². The first-order chi connectivity index (χ1) is 13.8. The van der Waals surface area contributed by atoms with E-state index in [1.54, 1.807) is 4.68 Å². The average molecular weight is 412 g/mol. The summed E-state index contributed by atoms with van der Waals surface area (Å²) in [5.74, 6) is 0.198. The van der Waals surface area contributed by atoms with Crippen molar-refractivity contribution in [3.63, 3.8) is 0 Å². The van der Waals surface area contributed by atoms with Gasteiger partial charge in [-0.25, -0.2) is 4.98 Å². The molecule has 0 fully saturated rings. The first kappa shape index (κ1) is 20.0. The number of thiophene rings is 1. The average Bonchev–Trinajstić information content (AvgIpc) is 3.28. The first-order valence-corrected chi connectivity index (χ1v) is 11.1. The second kappa shape index (κ2) is 7.88. The van der Waals surface area contributed by atoms with Gasteiger partial charge in [0.15, 0.2) is 5.65 Å². The van der Waals surface area contributed by atoms with Gasteiger partial charge < -0.3 is 5.32 Å². The van der Waals surface area contributed by atoms with Crippen molar-refractivity contribution in [3.05, 3.63) is 44.9 Å². The molecule has 0 aliphatic carbocycles. The molecule has 1 unspecified atom stereocenters. The number of carbonyl (C=O) groups excluding carboxylic acids is 1. The van der Waals surface area contributed by atoms with Crippen LogP contribution in [0.3, 0.4) is 0 Å². The largest absolute Gasteiger partial charge is 0.350 e. The van der Waals surface area contributed by atoms with E-state index in [9.17, 15) is 4.79 Å². The summed E-state index contributed by atoms with van der Waals surface area (Å²) >= 11 is 1.85. The molecule has 6 nitrogen and oxygen atoms in total. The number of pyridine rings is 1. The Kier molecular flexibility index (Phi) is 5.44. The highest BCUT2D eigenvalue weighted by Gasteiger charge is 2.23. The topological polar surface area (TPSA) is 63.1 Å². The number of nitrogens with one attached hydrogen (secondary N) is 1. The first-order valence-electron chi connectivity index (χ1n) is 10.3. The molecule has 3 aromatic heterocycles. The number of aryl methyl sites for hydroxylation is 2. The standard InChI is InChI=1S/C22H29N5OS/c1-13(2)18-10-17(20-15(4)25-26(5)21(20)24-18)22(28)23-11-14(3)27-8-6-19-16(12-27)7-9-29-19/h7,9-10,13-14H,6,8,11-12H2,1-5H3,(H,23,28). The Morgan fingerprint density at radius 1 is 1.34 bits per heavy atom. The molecule has 4 rings (SSSR count). The van der Waals surface area contributed by atoms with Crippen molar-refractivity contribution < 1.29 is 4.79 Å². The summed E-state index contributed by atoms with van der Waals surface area (Å²) in [5.41, 5.74) is 4.63. The number of nitrogens with zero attached hydrogens (tertiary/aromatic N) is 4. The summed E-state index contributed by atoms with van der Waals surface area (Å²) in [6.07, 6.45) is 1.10. The summed E-state index contributed by atoms with van der Waals surface area (Å²) in [6.45, 7) is 10.9. The molecule has 0 bridgehead atoms. The Bertz CT molecular complexity index is 1050. The van der Waals surface area contributed by atoms with Crippen molar-refractivity contribution >= 4 is 28.3 Å². The lowest BCUT2D eigenvalue weighted by Gasteiger charge is -2.32. The predicted molar refractivity (Wildman–Crippen MR) is 118 cm³/mol. The van der Waals surface area contributed by atoms with Crippen molar-refractivity contribution in [2.45, 2.75) is 52.6 Å². The second-order valence-corrected chi connectivity index (χ2v) is 9.31. The third kappa shape index (κ3) is 3.81. The van der Waals surface area contributed by atoms with Crippen molar-refractivity contribution in [1.82, 2.24) is 25.0 Å². The fourth-order valence-corrected chi connectivity index (χ4v) is 4.94. The minimum atomic E-state index is -0.0459. The van der Waals surface area contributed by atoms with Gasteiger partial charge in [-0.05, 0) is 49.3 Å². The zero-order valence-corrected chi connectivity index (χ0v) is 18.6. The van der Waals surface area contributed by atoms with Crippen molar-refractivity contribution in [2.75, 3.05) is 13.1 Å². The smallest absolute Gasteiger partial charge is 0.252 e. The molecule has 1 N–H and O–H groups in total. The molecule has 0 saturated carbocycles. The van der Waals surface area contributed by atoms with Crippen molar-refractivity contribution in [3.8, 4) is 0 Å². The van der Waals surface area contributed by atoms with E-state index in [0.717, 1.165) is 41.9 Å². The zero-order valence-electron chi connectivity index (χ0n) is 17.8. The van der Waals surface area contributed by atoms with Crippen LogP contribution in [0.25, 0.3) is 11.0 Å². The second-order valence-electron chi connectivity index (χ2n) is 8.31. The number of carbonyl (C=O) groups is 1. The molecule has 154 valence electrons. The number of fused-ring (bicyclic) bond motifs is 2. The van der Waals surface area contributed by atoms with Gasteiger partial charge in [0, 0.05) is 43.3 Å². The number of rotatable bonds is 5. The molecule has 1 atom stereocenters. The van der Waals surface area contributed by atoms with Crippen LogP contribution in [0.5, 0.6) is 0 Å². The lowest BCUT2D eigenvalue weighted by atomic mass is 10.0. The molecule has 7 heteroatoms. The molecule has 29 heavy (non-hydrogen) atoms. The van der Waals surface area contributed by atoms with E-state index < -0.39 is 0 Å². The minimum Gasteiger partial charge on any atom is -0.350 e. The summed E-state index contributed by atoms with van der Waals surface area (Å²) in [4.78, 5) is 21.8. The molecular formula is C22H29N5OS. The van der Waals surface area contributed by atoms with Crippen molar-refractivity contribution in [1.29, 1.82) is 0 Å². The fraction of sp³-hybridized carbons (Fsp3) is 0.500. The van der Waals surface area contributed by atoms with E-state index in [0.29, 0.717) is 12.1 Å². The van der Waals surface area contributed by atoms with Gasteiger partial charge in [-0.1, -0.05) is 13.8 Å². The Morgan fingerprint density at radius 2 is 2.14 bits per heavy atom. The van der Waals surface area contributed by atoms with E-state index >= 15 is 0 Å². The molecule has 4 heterocycles. The quantitative estimate of drug-likeness (QED) is 0.696. The maximum Gasteiger partial charge on any atom is 0.252 e. The molecule has 0 aromatic carbocycles. The van der Waals surface area contributed by atoms with Crippen molar-refractivity contribution in [2.24, 2.45) is 7.05 Å². The molecule has 0 spiro atoms. The van der Waals surface area contributed by atoms with Gasteiger partial charge >= 0.3 is 0 Å². The van der Waals surface area contributed by atoms with E-state index in [2.05, 4.69) is 47.5 Å². The summed E-state index contributed by atoms with van der Waals surface area (Å²) < 4.78 is 1.77. The normalized spacial score (nSPS) is 15.7. The van der Waals surface area contributed by atoms with Crippen LogP contribution < -0.4 is 5.32 Å². The monoisotopic (exact) mass is 411 g/mol. The van der Waals surface area contributed by atoms with E-state index in [4.69, 9.17) is 4.98 Å². The maximum atomic E-state index is 13.1. The van der Waals surface area contributed by atoms with Crippen LogP contribution in [0.15, 0.2) is 17.5 Å². The van der Waals surface area contributed by atoms with Crippen LogP contribution in [0, 0.1) is 6.92 Å². The minimum absolute atomic E-state index is 0.0459. The molecule has 3 aromatic rings. The highest BCUT2D eigenvalue weighted by Crippen LogP contribution is 2.26.